The normalized spacial score (nSPS) is 19.3. The Balaban J connectivity index is 2.40. The van der Waals surface area contributed by atoms with Crippen molar-refractivity contribution < 1.29 is 23.8 Å². The lowest BCUT2D eigenvalue weighted by atomic mass is 10.0. The predicted molar refractivity (Wildman–Crippen MR) is 123 cm³/mol. The molecule has 1 fully saturated rings. The average Bonchev–Trinajstić information content (AvgIpc) is 3.24. The molecule has 1 heterocycles. The van der Waals surface area contributed by atoms with Crippen LogP contribution in [0, 0.1) is 0 Å². The van der Waals surface area contributed by atoms with Crippen LogP contribution in [0.5, 0.6) is 0 Å². The molecule has 0 radical (unpaired) electrons. The van der Waals surface area contributed by atoms with Crippen molar-refractivity contribution in [3.8, 4) is 0 Å². The summed E-state index contributed by atoms with van der Waals surface area (Å²) >= 11 is 0. The number of hydrogen-bond donors (Lipinski definition) is 2. The molecule has 0 aromatic heterocycles. The van der Waals surface area contributed by atoms with Crippen LogP contribution in [-0.2, 0) is 23.8 Å². The second-order valence-electron chi connectivity index (χ2n) is 8.60. The second-order valence-corrected chi connectivity index (χ2v) is 8.60. The van der Waals surface area contributed by atoms with Gasteiger partial charge < -0.3 is 25.3 Å². The number of methoxy groups -OCH3 is 1. The van der Waals surface area contributed by atoms with Crippen LogP contribution < -0.4 is 11.1 Å². The highest BCUT2D eigenvalue weighted by molar-refractivity contribution is 5.71. The first-order valence-corrected chi connectivity index (χ1v) is 12.4. The Morgan fingerprint density at radius 1 is 1.03 bits per heavy atom. The van der Waals surface area contributed by atoms with Crippen molar-refractivity contribution in [3.63, 3.8) is 0 Å². The van der Waals surface area contributed by atoms with Crippen LogP contribution >= 0.6 is 0 Å². The Morgan fingerprint density at radius 3 is 2.55 bits per heavy atom. The van der Waals surface area contributed by atoms with Crippen molar-refractivity contribution in [3.05, 3.63) is 0 Å². The van der Waals surface area contributed by atoms with Gasteiger partial charge in [-0.1, -0.05) is 45.4 Å². The third kappa shape index (κ3) is 13.8. The minimum Gasteiger partial charge on any atom is -0.469 e. The van der Waals surface area contributed by atoms with E-state index in [4.69, 9.17) is 15.2 Å². The zero-order valence-corrected chi connectivity index (χ0v) is 19.9. The van der Waals surface area contributed by atoms with Gasteiger partial charge in [-0.05, 0) is 58.0 Å². The van der Waals surface area contributed by atoms with E-state index < -0.39 is 0 Å². The molecule has 0 amide bonds. The first-order valence-electron chi connectivity index (χ1n) is 12.4. The number of carbonyl (C=O) groups is 2. The number of unbranched alkanes of at least 4 members (excludes halogenated alkanes) is 6. The highest BCUT2D eigenvalue weighted by atomic mass is 16.6. The lowest BCUT2D eigenvalue weighted by Crippen LogP contribution is -2.35. The van der Waals surface area contributed by atoms with Crippen LogP contribution in [0.4, 0.5) is 0 Å². The van der Waals surface area contributed by atoms with E-state index >= 15 is 0 Å². The molecule has 1 saturated heterocycles. The van der Waals surface area contributed by atoms with Crippen molar-refractivity contribution >= 4 is 11.9 Å². The first kappa shape index (κ1) is 27.9. The van der Waals surface area contributed by atoms with Gasteiger partial charge in [0, 0.05) is 6.42 Å². The van der Waals surface area contributed by atoms with Crippen molar-refractivity contribution in [2.24, 2.45) is 5.73 Å². The molecule has 0 saturated carbocycles. The van der Waals surface area contributed by atoms with Gasteiger partial charge in [0.05, 0.1) is 25.9 Å². The largest absolute Gasteiger partial charge is 0.469 e. The summed E-state index contributed by atoms with van der Waals surface area (Å²) in [6, 6.07) is 0. The molecule has 0 aromatic rings. The predicted octanol–water partition coefficient (Wildman–Crippen LogP) is 3.87. The Morgan fingerprint density at radius 2 is 1.81 bits per heavy atom. The lowest BCUT2D eigenvalue weighted by molar-refractivity contribution is -0.156. The summed E-state index contributed by atoms with van der Waals surface area (Å²) in [6.45, 7) is 3.78. The zero-order valence-electron chi connectivity index (χ0n) is 19.9. The number of rotatable bonds is 19. The van der Waals surface area contributed by atoms with Gasteiger partial charge in [-0.25, -0.2) is 0 Å². The molecule has 182 valence electrons. The van der Waals surface area contributed by atoms with Crippen molar-refractivity contribution in [1.29, 1.82) is 0 Å². The van der Waals surface area contributed by atoms with Crippen molar-refractivity contribution in [1.82, 2.24) is 5.32 Å². The molecule has 3 atom stereocenters. The summed E-state index contributed by atoms with van der Waals surface area (Å²) in [7, 11) is 1.42. The number of carbonyl (C=O) groups excluding carboxylic acids is 2. The second kappa shape index (κ2) is 18.4. The van der Waals surface area contributed by atoms with Crippen molar-refractivity contribution in [2.45, 2.75) is 115 Å². The Kier molecular flexibility index (Phi) is 16.5. The average molecular weight is 443 g/mol. The molecule has 0 bridgehead atoms. The van der Waals surface area contributed by atoms with Crippen LogP contribution in [0.1, 0.15) is 96.8 Å². The molecule has 0 unspecified atom stereocenters. The van der Waals surface area contributed by atoms with E-state index in [1.54, 1.807) is 0 Å². The summed E-state index contributed by atoms with van der Waals surface area (Å²) < 4.78 is 16.8. The fourth-order valence-electron chi connectivity index (χ4n) is 4.04. The van der Waals surface area contributed by atoms with E-state index in [0.717, 1.165) is 57.9 Å². The lowest BCUT2D eigenvalue weighted by Gasteiger charge is -2.24. The molecule has 0 spiro atoms. The SMILES string of the molecule is CCCCCCCC[C@@H](OC(=O)CNCCCN)[C@H]1CC[C@H](CCCCC(=O)OC)O1. The monoisotopic (exact) mass is 442 g/mol. The van der Waals surface area contributed by atoms with Gasteiger partial charge in [-0.3, -0.25) is 9.59 Å². The molecule has 1 aliphatic heterocycles. The van der Waals surface area contributed by atoms with Gasteiger partial charge in [-0.2, -0.15) is 0 Å². The maximum absolute atomic E-state index is 12.3. The quantitative estimate of drug-likeness (QED) is 0.231. The van der Waals surface area contributed by atoms with E-state index in [-0.39, 0.29) is 36.8 Å². The minimum atomic E-state index is -0.210. The van der Waals surface area contributed by atoms with Gasteiger partial charge in [0.1, 0.15) is 6.10 Å². The number of nitrogens with one attached hydrogen (secondary N) is 1. The molecular weight excluding hydrogens is 396 g/mol. The van der Waals surface area contributed by atoms with Crippen LogP contribution in [0.25, 0.3) is 0 Å². The third-order valence-electron chi connectivity index (χ3n) is 5.89. The Labute approximate surface area is 189 Å². The van der Waals surface area contributed by atoms with Gasteiger partial charge in [0.2, 0.25) is 0 Å². The maximum Gasteiger partial charge on any atom is 0.320 e. The summed E-state index contributed by atoms with van der Waals surface area (Å²) in [6.07, 6.45) is 14.1. The molecule has 0 aromatic carbocycles. The van der Waals surface area contributed by atoms with Crippen LogP contribution in [-0.4, -0.2) is 57.0 Å². The topological polar surface area (TPSA) is 99.9 Å². The van der Waals surface area contributed by atoms with Gasteiger partial charge in [-0.15, -0.1) is 0 Å². The molecule has 3 N–H and O–H groups in total. The molecular formula is C24H46N2O5. The van der Waals surface area contributed by atoms with Crippen molar-refractivity contribution in [2.75, 3.05) is 26.7 Å². The highest BCUT2D eigenvalue weighted by Gasteiger charge is 2.33. The maximum atomic E-state index is 12.3. The number of esters is 2. The van der Waals surface area contributed by atoms with Crippen LogP contribution in [0.3, 0.4) is 0 Å². The van der Waals surface area contributed by atoms with Gasteiger partial charge in [0.25, 0.3) is 0 Å². The van der Waals surface area contributed by atoms with Crippen LogP contribution in [0.15, 0.2) is 0 Å². The summed E-state index contributed by atoms with van der Waals surface area (Å²) in [5.41, 5.74) is 5.49. The fraction of sp³-hybridized carbons (Fsp3) is 0.917. The van der Waals surface area contributed by atoms with E-state index in [9.17, 15) is 9.59 Å². The standard InChI is InChI=1S/C24H46N2O5/c1-3-4-5-6-7-8-13-21(31-24(28)19-26-18-11-17-25)22-16-15-20(30-22)12-9-10-14-23(27)29-2/h20-22,26H,3-19,25H2,1-2H3/t20-,21+,22+/m0/s1. The Hall–Kier alpha value is -1.18. The van der Waals surface area contributed by atoms with E-state index in [2.05, 4.69) is 17.0 Å². The number of ether oxygens (including phenoxy) is 3. The third-order valence-corrected chi connectivity index (χ3v) is 5.89. The molecule has 1 rings (SSSR count). The van der Waals surface area contributed by atoms with Crippen LogP contribution in [0.2, 0.25) is 0 Å². The molecule has 0 aliphatic carbocycles. The van der Waals surface area contributed by atoms with E-state index in [1.807, 2.05) is 0 Å². The van der Waals surface area contributed by atoms with Gasteiger partial charge in [0.15, 0.2) is 0 Å². The molecule has 7 nitrogen and oxygen atoms in total. The minimum absolute atomic E-state index is 0.0192. The zero-order chi connectivity index (χ0) is 22.7. The van der Waals surface area contributed by atoms with E-state index in [0.29, 0.717) is 13.0 Å². The molecule has 7 heteroatoms. The van der Waals surface area contributed by atoms with E-state index in [1.165, 1.54) is 39.2 Å². The highest BCUT2D eigenvalue weighted by Crippen LogP contribution is 2.29. The summed E-state index contributed by atoms with van der Waals surface area (Å²) in [5, 5.41) is 3.10. The molecule has 1 aliphatic rings. The number of nitrogens with two attached hydrogens (primary N) is 1. The fourth-order valence-corrected chi connectivity index (χ4v) is 4.04. The first-order chi connectivity index (χ1) is 15.1. The Bertz CT molecular complexity index is 475. The van der Waals surface area contributed by atoms with Gasteiger partial charge >= 0.3 is 11.9 Å². The summed E-state index contributed by atoms with van der Waals surface area (Å²) in [4.78, 5) is 23.6. The summed E-state index contributed by atoms with van der Waals surface area (Å²) in [5.74, 6) is -0.366. The number of hydrogen-bond acceptors (Lipinski definition) is 7. The molecule has 31 heavy (non-hydrogen) atoms. The smallest absolute Gasteiger partial charge is 0.320 e.